The number of piperazine rings is 1. The third kappa shape index (κ3) is 5.41. The van der Waals surface area contributed by atoms with Crippen LogP contribution >= 0.6 is 0 Å². The number of carbonyl (C=O) groups is 1. The lowest BCUT2D eigenvalue weighted by Gasteiger charge is -2.35. The Morgan fingerprint density at radius 1 is 1.10 bits per heavy atom. The summed E-state index contributed by atoms with van der Waals surface area (Å²) in [7, 11) is 0. The fourth-order valence-corrected chi connectivity index (χ4v) is 3.09. The quantitative estimate of drug-likeness (QED) is 0.697. The Kier molecular flexibility index (Phi) is 6.67. The van der Waals surface area contributed by atoms with Gasteiger partial charge >= 0.3 is 0 Å². The van der Waals surface area contributed by atoms with Gasteiger partial charge in [0.25, 0.3) is 0 Å². The minimum atomic E-state index is -0.263. The van der Waals surface area contributed by atoms with Gasteiger partial charge in [-0.2, -0.15) is 0 Å². The van der Waals surface area contributed by atoms with Gasteiger partial charge in [0.1, 0.15) is 0 Å². The van der Waals surface area contributed by atoms with Gasteiger partial charge in [-0.3, -0.25) is 14.6 Å². The lowest BCUT2D eigenvalue weighted by Crippen LogP contribution is -2.51. The van der Waals surface area contributed by atoms with E-state index in [0.717, 1.165) is 71.5 Å². The Hall–Kier alpha value is -0.910. The molecule has 0 radical (unpaired) electrons. The fourth-order valence-electron chi connectivity index (χ4n) is 3.09. The maximum absolute atomic E-state index is 12.1. The molecule has 1 amide bonds. The van der Waals surface area contributed by atoms with E-state index in [-0.39, 0.29) is 12.0 Å². The minimum absolute atomic E-state index is 0.263. The molecule has 5 heteroatoms. The van der Waals surface area contributed by atoms with Crippen LogP contribution in [0.15, 0.2) is 12.7 Å². The van der Waals surface area contributed by atoms with Crippen molar-refractivity contribution in [3.05, 3.63) is 12.7 Å². The summed E-state index contributed by atoms with van der Waals surface area (Å²) >= 11 is 0. The molecule has 1 unspecified atom stereocenters. The first kappa shape index (κ1) is 16.5. The number of carbonyl (C=O) groups excluding carboxylic acids is 1. The van der Waals surface area contributed by atoms with Crippen LogP contribution in [0.4, 0.5) is 0 Å². The van der Waals surface area contributed by atoms with Gasteiger partial charge in [-0.1, -0.05) is 6.08 Å². The Morgan fingerprint density at radius 2 is 1.71 bits per heavy atom. The second kappa shape index (κ2) is 8.51. The van der Waals surface area contributed by atoms with Gasteiger partial charge < -0.3 is 10.0 Å². The molecule has 2 fully saturated rings. The molecule has 0 bridgehead atoms. The lowest BCUT2D eigenvalue weighted by molar-refractivity contribution is -0.131. The van der Waals surface area contributed by atoms with Crippen LogP contribution in [0.2, 0.25) is 0 Å². The average Bonchev–Trinajstić information content (AvgIpc) is 3.01. The molecule has 2 heterocycles. The van der Waals surface area contributed by atoms with Gasteiger partial charge in [0, 0.05) is 45.8 Å². The molecule has 21 heavy (non-hydrogen) atoms. The number of hydrogen-bond donors (Lipinski definition) is 1. The largest absolute Gasteiger partial charge is 0.392 e. The normalized spacial score (nSPS) is 22.4. The van der Waals surface area contributed by atoms with Crippen LogP contribution in [-0.4, -0.2) is 84.2 Å². The summed E-state index contributed by atoms with van der Waals surface area (Å²) in [5.41, 5.74) is 0. The second-order valence-corrected chi connectivity index (χ2v) is 6.18. The molecule has 5 nitrogen and oxygen atoms in total. The highest BCUT2D eigenvalue weighted by Crippen LogP contribution is 2.10. The number of likely N-dealkylation sites (tertiary alicyclic amines) is 1. The SMILES string of the molecule is C=CCCC(O)CN1CCN(CC(=O)N2CCCC2)CC1. The first-order valence-corrected chi connectivity index (χ1v) is 8.20. The zero-order valence-corrected chi connectivity index (χ0v) is 13.0. The van der Waals surface area contributed by atoms with E-state index >= 15 is 0 Å². The third-order valence-electron chi connectivity index (χ3n) is 4.46. The summed E-state index contributed by atoms with van der Waals surface area (Å²) in [6, 6.07) is 0. The van der Waals surface area contributed by atoms with Gasteiger partial charge in [-0.25, -0.2) is 0 Å². The number of β-amino-alcohol motifs (C(OH)–C–C–N with tert-alkyl or cyclic N) is 1. The summed E-state index contributed by atoms with van der Waals surface area (Å²) in [5, 5.41) is 9.92. The van der Waals surface area contributed by atoms with E-state index in [2.05, 4.69) is 16.4 Å². The van der Waals surface area contributed by atoms with Crippen LogP contribution in [0.3, 0.4) is 0 Å². The van der Waals surface area contributed by atoms with Crippen molar-refractivity contribution < 1.29 is 9.90 Å². The van der Waals surface area contributed by atoms with Crippen LogP contribution < -0.4 is 0 Å². The van der Waals surface area contributed by atoms with Gasteiger partial charge in [0.15, 0.2) is 0 Å². The number of hydrogen-bond acceptors (Lipinski definition) is 4. The molecule has 0 aromatic carbocycles. The molecule has 0 aromatic rings. The average molecular weight is 295 g/mol. The molecular formula is C16H29N3O2. The molecule has 0 spiro atoms. The maximum Gasteiger partial charge on any atom is 0.236 e. The molecule has 0 aromatic heterocycles. The van der Waals surface area contributed by atoms with Crippen molar-refractivity contribution >= 4 is 5.91 Å². The van der Waals surface area contributed by atoms with Crippen molar-refractivity contribution in [3.63, 3.8) is 0 Å². The summed E-state index contributed by atoms with van der Waals surface area (Å²) < 4.78 is 0. The van der Waals surface area contributed by atoms with Crippen molar-refractivity contribution in [1.29, 1.82) is 0 Å². The maximum atomic E-state index is 12.1. The number of aliphatic hydroxyl groups is 1. The molecule has 0 saturated carbocycles. The predicted molar refractivity (Wildman–Crippen MR) is 84.1 cm³/mol. The molecule has 0 aliphatic carbocycles. The van der Waals surface area contributed by atoms with E-state index in [1.165, 1.54) is 0 Å². The van der Waals surface area contributed by atoms with E-state index in [9.17, 15) is 9.90 Å². The van der Waals surface area contributed by atoms with Crippen LogP contribution in [0.25, 0.3) is 0 Å². The standard InChI is InChI=1S/C16H29N3O2/c1-2-3-6-15(20)13-17-9-11-18(12-10-17)14-16(21)19-7-4-5-8-19/h2,15,20H,1,3-14H2. The van der Waals surface area contributed by atoms with E-state index in [1.807, 2.05) is 11.0 Å². The van der Waals surface area contributed by atoms with Crippen molar-refractivity contribution in [1.82, 2.24) is 14.7 Å². The van der Waals surface area contributed by atoms with E-state index in [1.54, 1.807) is 0 Å². The second-order valence-electron chi connectivity index (χ2n) is 6.18. The van der Waals surface area contributed by atoms with Gasteiger partial charge in [0.2, 0.25) is 5.91 Å². The van der Waals surface area contributed by atoms with Crippen molar-refractivity contribution in [2.45, 2.75) is 31.8 Å². The predicted octanol–water partition coefficient (Wildman–Crippen LogP) is 0.554. The highest BCUT2D eigenvalue weighted by Gasteiger charge is 2.23. The monoisotopic (exact) mass is 295 g/mol. The molecule has 2 aliphatic rings. The lowest BCUT2D eigenvalue weighted by atomic mass is 10.1. The topological polar surface area (TPSA) is 47.0 Å². The van der Waals surface area contributed by atoms with E-state index in [4.69, 9.17) is 0 Å². The van der Waals surface area contributed by atoms with E-state index < -0.39 is 0 Å². The Labute approximate surface area is 128 Å². The van der Waals surface area contributed by atoms with Crippen LogP contribution in [-0.2, 0) is 4.79 Å². The molecule has 1 atom stereocenters. The summed E-state index contributed by atoms with van der Waals surface area (Å²) in [6.07, 6.45) is 5.55. The first-order valence-electron chi connectivity index (χ1n) is 8.20. The summed E-state index contributed by atoms with van der Waals surface area (Å²) in [5.74, 6) is 0.284. The molecule has 2 rings (SSSR count). The molecule has 120 valence electrons. The molecular weight excluding hydrogens is 266 g/mol. The number of aliphatic hydroxyl groups excluding tert-OH is 1. The highest BCUT2D eigenvalue weighted by molar-refractivity contribution is 5.78. The molecule has 1 N–H and O–H groups in total. The Morgan fingerprint density at radius 3 is 2.33 bits per heavy atom. The summed E-state index contributed by atoms with van der Waals surface area (Å²) in [4.78, 5) is 18.6. The third-order valence-corrected chi connectivity index (χ3v) is 4.46. The van der Waals surface area contributed by atoms with Crippen LogP contribution in [0, 0.1) is 0 Å². The number of nitrogens with zero attached hydrogens (tertiary/aromatic N) is 3. The number of rotatable bonds is 7. The van der Waals surface area contributed by atoms with Crippen molar-refractivity contribution in [2.24, 2.45) is 0 Å². The fraction of sp³-hybridized carbons (Fsp3) is 0.812. The van der Waals surface area contributed by atoms with Crippen molar-refractivity contribution in [3.8, 4) is 0 Å². The highest BCUT2D eigenvalue weighted by atomic mass is 16.3. The number of amides is 1. The van der Waals surface area contributed by atoms with Gasteiger partial charge in [-0.15, -0.1) is 6.58 Å². The smallest absolute Gasteiger partial charge is 0.236 e. The summed E-state index contributed by atoms with van der Waals surface area (Å²) in [6.45, 7) is 10.6. The number of allylic oxidation sites excluding steroid dienone is 1. The zero-order chi connectivity index (χ0) is 15.1. The molecule has 2 aliphatic heterocycles. The Bertz CT molecular complexity index is 334. The first-order chi connectivity index (χ1) is 10.2. The van der Waals surface area contributed by atoms with Gasteiger partial charge in [0.05, 0.1) is 12.6 Å². The van der Waals surface area contributed by atoms with Crippen LogP contribution in [0.5, 0.6) is 0 Å². The molecule has 2 saturated heterocycles. The van der Waals surface area contributed by atoms with Gasteiger partial charge in [-0.05, 0) is 25.7 Å². The van der Waals surface area contributed by atoms with E-state index in [0.29, 0.717) is 6.54 Å². The van der Waals surface area contributed by atoms with Crippen molar-refractivity contribution in [2.75, 3.05) is 52.4 Å². The Balaban J connectivity index is 1.63. The minimum Gasteiger partial charge on any atom is -0.392 e. The zero-order valence-electron chi connectivity index (χ0n) is 13.0. The van der Waals surface area contributed by atoms with Crippen LogP contribution in [0.1, 0.15) is 25.7 Å².